The molecule has 4 rings (SSSR count). The van der Waals surface area contributed by atoms with E-state index in [4.69, 9.17) is 0 Å². The summed E-state index contributed by atoms with van der Waals surface area (Å²) in [7, 11) is 1.91. The highest BCUT2D eigenvalue weighted by molar-refractivity contribution is 5.88. The Balaban J connectivity index is 1.33. The number of nitrogens with zero attached hydrogens (tertiary/aromatic N) is 5. The van der Waals surface area contributed by atoms with Gasteiger partial charge in [-0.25, -0.2) is 18.6 Å². The van der Waals surface area contributed by atoms with Gasteiger partial charge in [-0.3, -0.25) is 14.8 Å². The van der Waals surface area contributed by atoms with Crippen molar-refractivity contribution in [1.82, 2.24) is 24.3 Å². The molecule has 1 aromatic carbocycles. The number of hydrogen-bond donors (Lipinski definition) is 1. The molecule has 2 aromatic heterocycles. The van der Waals surface area contributed by atoms with Crippen LogP contribution in [0.5, 0.6) is 0 Å². The molecule has 1 fully saturated rings. The lowest BCUT2D eigenvalue weighted by molar-refractivity contribution is 0.0174. The number of carbonyl (C=O) groups is 1. The van der Waals surface area contributed by atoms with Crippen molar-refractivity contribution in [3.63, 3.8) is 0 Å². The summed E-state index contributed by atoms with van der Waals surface area (Å²) in [6, 6.07) is 9.57. The number of carboxylic acids is 1. The van der Waals surface area contributed by atoms with Gasteiger partial charge in [0.2, 0.25) is 0 Å². The lowest BCUT2D eigenvalue weighted by atomic mass is 10.1. The monoisotopic (exact) mass is 455 g/mol. The smallest absolute Gasteiger partial charge is 0.335 e. The maximum absolute atomic E-state index is 13.4. The summed E-state index contributed by atoms with van der Waals surface area (Å²) in [5.41, 5.74) is 2.80. The van der Waals surface area contributed by atoms with Crippen LogP contribution in [0, 0.1) is 0 Å². The standard InChI is InChI=1S/C24H27F2N5O2/c1-24(25,26)19-5-3-17(4-6-19)15-30-9-11-31(12-10-30)16-20-14-28-22(29(20)2)21-13-18(23(32)33)7-8-27-21/h3-8,13-14H,9-12,15-16H2,1-2H3,(H,32,33). The lowest BCUT2D eigenvalue weighted by Crippen LogP contribution is -2.45. The zero-order valence-corrected chi connectivity index (χ0v) is 18.7. The number of benzene rings is 1. The molecule has 7 nitrogen and oxygen atoms in total. The molecular weight excluding hydrogens is 428 g/mol. The van der Waals surface area contributed by atoms with Crippen molar-refractivity contribution in [2.45, 2.75) is 25.9 Å². The fourth-order valence-electron chi connectivity index (χ4n) is 4.01. The zero-order chi connectivity index (χ0) is 23.6. The number of aromatic nitrogens is 3. The van der Waals surface area contributed by atoms with Gasteiger partial charge in [0.05, 0.1) is 17.5 Å². The zero-order valence-electron chi connectivity index (χ0n) is 18.7. The molecule has 0 bridgehead atoms. The van der Waals surface area contributed by atoms with Gasteiger partial charge in [0.15, 0.2) is 5.82 Å². The fraction of sp³-hybridized carbons (Fsp3) is 0.375. The second kappa shape index (κ2) is 9.36. The summed E-state index contributed by atoms with van der Waals surface area (Å²) in [5.74, 6) is -3.18. The maximum atomic E-state index is 13.4. The number of piperazine rings is 1. The van der Waals surface area contributed by atoms with Gasteiger partial charge >= 0.3 is 5.97 Å². The Morgan fingerprint density at radius 3 is 2.27 bits per heavy atom. The molecule has 0 unspecified atom stereocenters. The Morgan fingerprint density at radius 1 is 1.03 bits per heavy atom. The minimum Gasteiger partial charge on any atom is -0.478 e. The van der Waals surface area contributed by atoms with E-state index < -0.39 is 11.9 Å². The molecule has 0 saturated carbocycles. The molecule has 0 amide bonds. The van der Waals surface area contributed by atoms with Gasteiger partial charge in [-0.1, -0.05) is 24.3 Å². The number of carboxylic acid groups (broad SMARTS) is 1. The van der Waals surface area contributed by atoms with Crippen molar-refractivity contribution in [1.29, 1.82) is 0 Å². The van der Waals surface area contributed by atoms with E-state index in [2.05, 4.69) is 19.8 Å². The third-order valence-electron chi connectivity index (χ3n) is 6.04. The summed E-state index contributed by atoms with van der Waals surface area (Å²) in [6.07, 6.45) is 3.29. The van der Waals surface area contributed by atoms with Crippen molar-refractivity contribution in [3.8, 4) is 11.5 Å². The summed E-state index contributed by atoms with van der Waals surface area (Å²) in [6.45, 7) is 5.94. The van der Waals surface area contributed by atoms with Gasteiger partial charge in [-0.15, -0.1) is 0 Å². The fourth-order valence-corrected chi connectivity index (χ4v) is 4.01. The first-order chi connectivity index (χ1) is 15.7. The number of hydrogen-bond acceptors (Lipinski definition) is 5. The molecule has 3 heterocycles. The highest BCUT2D eigenvalue weighted by Gasteiger charge is 2.24. The van der Waals surface area contributed by atoms with Crippen molar-refractivity contribution >= 4 is 5.97 Å². The van der Waals surface area contributed by atoms with Crippen LogP contribution in [-0.2, 0) is 26.1 Å². The Kier molecular flexibility index (Phi) is 6.53. The summed E-state index contributed by atoms with van der Waals surface area (Å²) in [5, 5.41) is 9.21. The van der Waals surface area contributed by atoms with Crippen molar-refractivity contribution < 1.29 is 18.7 Å². The molecule has 0 atom stereocenters. The predicted octanol–water partition coefficient (Wildman–Crippen LogP) is 3.61. The number of rotatable bonds is 7. The summed E-state index contributed by atoms with van der Waals surface area (Å²) >= 11 is 0. The molecule has 0 spiro atoms. The van der Waals surface area contributed by atoms with E-state index in [0.717, 1.165) is 57.4 Å². The average Bonchev–Trinajstić information content (AvgIpc) is 3.15. The van der Waals surface area contributed by atoms with E-state index in [1.165, 1.54) is 30.5 Å². The van der Waals surface area contributed by atoms with Gasteiger partial charge in [0.1, 0.15) is 5.69 Å². The molecule has 1 N–H and O–H groups in total. The first-order valence-electron chi connectivity index (χ1n) is 10.8. The third-order valence-corrected chi connectivity index (χ3v) is 6.04. The molecule has 1 saturated heterocycles. The van der Waals surface area contributed by atoms with E-state index in [-0.39, 0.29) is 11.1 Å². The molecule has 1 aliphatic rings. The molecule has 1 aliphatic heterocycles. The Morgan fingerprint density at radius 2 is 1.67 bits per heavy atom. The predicted molar refractivity (Wildman–Crippen MR) is 120 cm³/mol. The molecule has 33 heavy (non-hydrogen) atoms. The number of alkyl halides is 2. The quantitative estimate of drug-likeness (QED) is 0.587. The molecule has 0 aliphatic carbocycles. The lowest BCUT2D eigenvalue weighted by Gasteiger charge is -2.34. The molecule has 0 radical (unpaired) electrons. The van der Waals surface area contributed by atoms with Crippen LogP contribution in [-0.4, -0.2) is 61.6 Å². The van der Waals surface area contributed by atoms with Gasteiger partial charge in [-0.05, 0) is 17.7 Å². The first-order valence-corrected chi connectivity index (χ1v) is 10.8. The van der Waals surface area contributed by atoms with Crippen molar-refractivity contribution in [3.05, 3.63) is 71.2 Å². The molecular formula is C24H27F2N5O2. The van der Waals surface area contributed by atoms with Crippen LogP contribution in [0.2, 0.25) is 0 Å². The SMILES string of the molecule is Cn1c(CN2CCN(Cc3ccc(C(C)(F)F)cc3)CC2)cnc1-c1cc(C(=O)O)ccn1. The van der Waals surface area contributed by atoms with Crippen LogP contribution in [0.4, 0.5) is 8.78 Å². The number of imidazole rings is 1. The van der Waals surface area contributed by atoms with Crippen LogP contribution >= 0.6 is 0 Å². The minimum absolute atomic E-state index is 0.0384. The molecule has 3 aromatic rings. The van der Waals surface area contributed by atoms with Gasteiger partial charge in [-0.2, -0.15) is 0 Å². The molecule has 9 heteroatoms. The van der Waals surface area contributed by atoms with Crippen LogP contribution < -0.4 is 0 Å². The second-order valence-corrected chi connectivity index (χ2v) is 8.50. The Hall–Kier alpha value is -3.17. The van der Waals surface area contributed by atoms with Crippen LogP contribution in [0.25, 0.3) is 11.5 Å². The topological polar surface area (TPSA) is 74.5 Å². The van der Waals surface area contributed by atoms with Crippen molar-refractivity contribution in [2.24, 2.45) is 7.05 Å². The van der Waals surface area contributed by atoms with Crippen LogP contribution in [0.1, 0.15) is 34.1 Å². The largest absolute Gasteiger partial charge is 0.478 e. The summed E-state index contributed by atoms with van der Waals surface area (Å²) < 4.78 is 28.7. The van der Waals surface area contributed by atoms with E-state index in [9.17, 15) is 18.7 Å². The van der Waals surface area contributed by atoms with E-state index >= 15 is 0 Å². The highest BCUT2D eigenvalue weighted by Crippen LogP contribution is 2.27. The minimum atomic E-state index is -2.81. The van der Waals surface area contributed by atoms with Gasteiger partial charge < -0.3 is 9.67 Å². The second-order valence-electron chi connectivity index (χ2n) is 8.50. The number of pyridine rings is 1. The number of aromatic carboxylic acids is 1. The third kappa shape index (κ3) is 5.43. The van der Waals surface area contributed by atoms with Crippen LogP contribution in [0.15, 0.2) is 48.8 Å². The number of halogens is 2. The average molecular weight is 456 g/mol. The molecule has 174 valence electrons. The van der Waals surface area contributed by atoms with E-state index in [0.29, 0.717) is 11.5 Å². The summed E-state index contributed by atoms with van der Waals surface area (Å²) in [4.78, 5) is 24.6. The van der Waals surface area contributed by atoms with Gasteiger partial charge in [0.25, 0.3) is 5.92 Å². The van der Waals surface area contributed by atoms with Crippen molar-refractivity contribution in [2.75, 3.05) is 26.2 Å². The van der Waals surface area contributed by atoms with Gasteiger partial charge in [0, 0.05) is 65.0 Å². The first kappa shape index (κ1) is 23.0. The maximum Gasteiger partial charge on any atom is 0.335 e. The van der Waals surface area contributed by atoms with E-state index in [1.54, 1.807) is 12.1 Å². The van der Waals surface area contributed by atoms with Crippen LogP contribution in [0.3, 0.4) is 0 Å². The normalized spacial score (nSPS) is 15.6. The Bertz CT molecular complexity index is 1120. The highest BCUT2D eigenvalue weighted by atomic mass is 19.3. The Labute approximate surface area is 191 Å². The van der Waals surface area contributed by atoms with E-state index in [1.807, 2.05) is 17.8 Å².